The van der Waals surface area contributed by atoms with Crippen molar-refractivity contribution in [2.75, 3.05) is 0 Å². The Kier molecular flexibility index (Phi) is 4.77. The topological polar surface area (TPSA) is 71.1 Å². The van der Waals surface area contributed by atoms with Gasteiger partial charge in [0.1, 0.15) is 12.0 Å². The molecular formula is C22H16F2N4O. The van der Waals surface area contributed by atoms with Crippen molar-refractivity contribution in [3.8, 4) is 17.3 Å². The van der Waals surface area contributed by atoms with Gasteiger partial charge in [-0.25, -0.2) is 13.8 Å². The van der Waals surface area contributed by atoms with E-state index in [-0.39, 0.29) is 23.2 Å². The fraction of sp³-hybridized carbons (Fsp3) is 0.182. The Morgan fingerprint density at radius 2 is 2.03 bits per heavy atom. The van der Waals surface area contributed by atoms with Crippen molar-refractivity contribution in [2.24, 2.45) is 0 Å². The van der Waals surface area contributed by atoms with Crippen LogP contribution in [0.25, 0.3) is 22.5 Å². The minimum Gasteiger partial charge on any atom is -0.267 e. The van der Waals surface area contributed by atoms with Gasteiger partial charge in [-0.3, -0.25) is 4.79 Å². The number of hydrogen-bond donors (Lipinski definition) is 0. The van der Waals surface area contributed by atoms with Crippen molar-refractivity contribution in [2.45, 2.75) is 25.9 Å². The lowest BCUT2D eigenvalue weighted by Gasteiger charge is -2.16. The molecule has 0 N–H and O–H groups in total. The van der Waals surface area contributed by atoms with E-state index < -0.39 is 12.0 Å². The third kappa shape index (κ3) is 3.45. The molecule has 0 fully saturated rings. The van der Waals surface area contributed by atoms with Crippen LogP contribution in [0.15, 0.2) is 59.2 Å². The molecule has 2 aromatic heterocycles. The summed E-state index contributed by atoms with van der Waals surface area (Å²) in [5.74, 6) is -0.643. The zero-order valence-electron chi connectivity index (χ0n) is 15.6. The maximum absolute atomic E-state index is 14.4. The first-order valence-electron chi connectivity index (χ1n) is 9.17. The van der Waals surface area contributed by atoms with Crippen molar-refractivity contribution in [1.29, 1.82) is 5.26 Å². The predicted octanol–water partition coefficient (Wildman–Crippen LogP) is 4.17. The van der Waals surface area contributed by atoms with Crippen molar-refractivity contribution in [1.82, 2.24) is 14.6 Å². The summed E-state index contributed by atoms with van der Waals surface area (Å²) >= 11 is 0. The van der Waals surface area contributed by atoms with Crippen molar-refractivity contribution >= 4 is 11.2 Å². The van der Waals surface area contributed by atoms with Gasteiger partial charge in [0.15, 0.2) is 5.65 Å². The number of aryl methyl sites for hydroxylation is 1. The molecule has 0 aliphatic heterocycles. The van der Waals surface area contributed by atoms with Crippen LogP contribution in [0.4, 0.5) is 8.78 Å². The highest BCUT2D eigenvalue weighted by atomic mass is 19.1. The molecule has 29 heavy (non-hydrogen) atoms. The van der Waals surface area contributed by atoms with Crippen molar-refractivity contribution in [3.63, 3.8) is 0 Å². The molecule has 1 atom stereocenters. The van der Waals surface area contributed by atoms with Crippen LogP contribution in [0.2, 0.25) is 0 Å². The standard InChI is InChI=1S/C22H16F2N4O/c1-2-19-17(16-8-7-15(23)9-18(16)24)10-21-26-20(11-22(29)28(21)27-19)14-5-3-13(12-25)4-6-14/h3-6,8-11,15H,2,7H2,1H3. The molecule has 1 aliphatic carbocycles. The van der Waals surface area contributed by atoms with Crippen LogP contribution in [0.1, 0.15) is 30.2 Å². The first-order valence-corrected chi connectivity index (χ1v) is 9.17. The molecule has 0 radical (unpaired) electrons. The molecule has 3 aromatic rings. The van der Waals surface area contributed by atoms with Crippen LogP contribution < -0.4 is 5.56 Å². The number of nitriles is 1. The first-order chi connectivity index (χ1) is 14.0. The average Bonchev–Trinajstić information content (AvgIpc) is 2.73. The Hall–Kier alpha value is -3.66. The Bertz CT molecular complexity index is 1270. The molecule has 7 heteroatoms. The van der Waals surface area contributed by atoms with Gasteiger partial charge < -0.3 is 0 Å². The van der Waals surface area contributed by atoms with Gasteiger partial charge in [-0.15, -0.1) is 0 Å². The SMILES string of the molecule is CCc1nn2c(=O)cc(-c3ccc(C#N)cc3)nc2cc1C1=CCC(F)C=C1F. The molecule has 4 rings (SSSR count). The predicted molar refractivity (Wildman–Crippen MR) is 105 cm³/mol. The summed E-state index contributed by atoms with van der Waals surface area (Å²) in [5, 5.41) is 13.3. The molecule has 2 heterocycles. The van der Waals surface area contributed by atoms with Gasteiger partial charge in [0, 0.05) is 29.2 Å². The van der Waals surface area contributed by atoms with Gasteiger partial charge in [0.2, 0.25) is 0 Å². The summed E-state index contributed by atoms with van der Waals surface area (Å²) in [6.07, 6.45) is 1.67. The van der Waals surface area contributed by atoms with Crippen LogP contribution in [-0.2, 0) is 6.42 Å². The largest absolute Gasteiger partial charge is 0.275 e. The maximum Gasteiger partial charge on any atom is 0.275 e. The second kappa shape index (κ2) is 7.40. The first kappa shape index (κ1) is 18.7. The van der Waals surface area contributed by atoms with E-state index in [4.69, 9.17) is 5.26 Å². The minimum atomic E-state index is -1.35. The Morgan fingerprint density at radius 3 is 2.69 bits per heavy atom. The van der Waals surface area contributed by atoms with E-state index in [0.29, 0.717) is 34.5 Å². The van der Waals surface area contributed by atoms with Crippen LogP contribution in [-0.4, -0.2) is 20.8 Å². The van der Waals surface area contributed by atoms with Gasteiger partial charge in [-0.05, 0) is 30.7 Å². The van der Waals surface area contributed by atoms with Crippen LogP contribution in [0.3, 0.4) is 0 Å². The Morgan fingerprint density at radius 1 is 1.28 bits per heavy atom. The molecule has 0 saturated carbocycles. The molecule has 0 saturated heterocycles. The fourth-order valence-electron chi connectivity index (χ4n) is 3.32. The summed E-state index contributed by atoms with van der Waals surface area (Å²) in [7, 11) is 0. The Balaban J connectivity index is 1.89. The van der Waals surface area contributed by atoms with E-state index >= 15 is 0 Å². The normalized spacial score (nSPS) is 16.3. The van der Waals surface area contributed by atoms with E-state index in [2.05, 4.69) is 10.1 Å². The van der Waals surface area contributed by atoms with Gasteiger partial charge in [-0.1, -0.05) is 25.1 Å². The van der Waals surface area contributed by atoms with E-state index in [1.807, 2.05) is 13.0 Å². The third-order valence-electron chi connectivity index (χ3n) is 4.79. The number of alkyl halides is 1. The Labute approximate surface area is 165 Å². The lowest BCUT2D eigenvalue weighted by Crippen LogP contribution is -2.19. The molecule has 0 amide bonds. The third-order valence-corrected chi connectivity index (χ3v) is 4.79. The number of rotatable bonds is 3. The van der Waals surface area contributed by atoms with E-state index in [0.717, 1.165) is 6.08 Å². The maximum atomic E-state index is 14.4. The summed E-state index contributed by atoms with van der Waals surface area (Å²) in [6, 6.07) is 11.7. The van der Waals surface area contributed by atoms with E-state index in [1.54, 1.807) is 30.3 Å². The highest BCUT2D eigenvalue weighted by molar-refractivity contribution is 5.80. The quantitative estimate of drug-likeness (QED) is 0.673. The highest BCUT2D eigenvalue weighted by Crippen LogP contribution is 2.32. The summed E-state index contributed by atoms with van der Waals surface area (Å²) in [5.41, 5.74) is 2.79. The van der Waals surface area contributed by atoms with Gasteiger partial charge in [0.05, 0.1) is 23.0 Å². The van der Waals surface area contributed by atoms with E-state index in [9.17, 15) is 13.6 Å². The monoisotopic (exact) mass is 390 g/mol. The lowest BCUT2D eigenvalue weighted by molar-refractivity contribution is 0.394. The molecule has 5 nitrogen and oxygen atoms in total. The molecule has 0 bridgehead atoms. The lowest BCUT2D eigenvalue weighted by atomic mass is 9.96. The van der Waals surface area contributed by atoms with Crippen molar-refractivity contribution in [3.05, 3.63) is 81.6 Å². The molecule has 1 aromatic carbocycles. The molecule has 1 unspecified atom stereocenters. The van der Waals surface area contributed by atoms with Gasteiger partial charge >= 0.3 is 0 Å². The van der Waals surface area contributed by atoms with Gasteiger partial charge in [-0.2, -0.15) is 14.9 Å². The smallest absolute Gasteiger partial charge is 0.267 e. The number of fused-ring (bicyclic) bond motifs is 1. The number of nitrogens with zero attached hydrogens (tertiary/aromatic N) is 4. The number of benzene rings is 1. The summed E-state index contributed by atoms with van der Waals surface area (Å²) in [6.45, 7) is 1.85. The molecule has 0 spiro atoms. The number of halogens is 2. The molecule has 1 aliphatic rings. The van der Waals surface area contributed by atoms with E-state index in [1.165, 1.54) is 16.7 Å². The number of hydrogen-bond acceptors (Lipinski definition) is 4. The van der Waals surface area contributed by atoms with Gasteiger partial charge in [0.25, 0.3) is 5.56 Å². The van der Waals surface area contributed by atoms with Crippen LogP contribution in [0, 0.1) is 11.3 Å². The minimum absolute atomic E-state index is 0.0859. The average molecular weight is 390 g/mol. The zero-order chi connectivity index (χ0) is 20.5. The zero-order valence-corrected chi connectivity index (χ0v) is 15.6. The van der Waals surface area contributed by atoms with Crippen LogP contribution in [0.5, 0.6) is 0 Å². The summed E-state index contributed by atoms with van der Waals surface area (Å²) in [4.78, 5) is 17.1. The molecule has 144 valence electrons. The summed E-state index contributed by atoms with van der Waals surface area (Å²) < 4.78 is 29.0. The van der Waals surface area contributed by atoms with Crippen molar-refractivity contribution < 1.29 is 8.78 Å². The molecular weight excluding hydrogens is 374 g/mol. The number of aromatic nitrogens is 3. The number of allylic oxidation sites excluding steroid dienone is 4. The second-order valence-corrected chi connectivity index (χ2v) is 6.68. The fourth-order valence-corrected chi connectivity index (χ4v) is 3.32. The highest BCUT2D eigenvalue weighted by Gasteiger charge is 2.20. The second-order valence-electron chi connectivity index (χ2n) is 6.68. The van der Waals surface area contributed by atoms with Crippen LogP contribution >= 0.6 is 0 Å².